The predicted octanol–water partition coefficient (Wildman–Crippen LogP) is 2.21. The van der Waals surface area contributed by atoms with Crippen molar-refractivity contribution in [2.24, 2.45) is 5.92 Å². The highest BCUT2D eigenvalue weighted by atomic mass is 16.7. The van der Waals surface area contributed by atoms with Crippen LogP contribution < -0.4 is 14.8 Å². The Labute approximate surface area is 146 Å². The van der Waals surface area contributed by atoms with Crippen LogP contribution in [0.1, 0.15) is 43.5 Å². The Bertz CT molecular complexity index is 708. The average molecular weight is 346 g/mol. The fraction of sp³-hybridized carbons (Fsp3) is 0.500. The molecule has 0 spiro atoms. The number of piperidine rings is 1. The molecule has 134 valence electrons. The molecule has 25 heavy (non-hydrogen) atoms. The van der Waals surface area contributed by atoms with E-state index in [9.17, 15) is 14.4 Å². The molecule has 0 aromatic heterocycles. The largest absolute Gasteiger partial charge is 0.454 e. The summed E-state index contributed by atoms with van der Waals surface area (Å²) in [5.74, 6) is 1.07. The number of ketones is 1. The number of Topliss-reactive ketones (excluding diaryl/α,β-unsaturated/α-hetero) is 1. The van der Waals surface area contributed by atoms with E-state index in [4.69, 9.17) is 9.47 Å². The lowest BCUT2D eigenvalue weighted by Crippen LogP contribution is -2.37. The third-order valence-corrected chi connectivity index (χ3v) is 4.70. The number of amides is 2. The van der Waals surface area contributed by atoms with Crippen LogP contribution in [0.4, 0.5) is 5.69 Å². The third-order valence-electron chi connectivity index (χ3n) is 4.70. The fourth-order valence-electron chi connectivity index (χ4n) is 3.25. The Morgan fingerprint density at radius 2 is 1.76 bits per heavy atom. The molecule has 1 saturated heterocycles. The lowest BCUT2D eigenvalue weighted by Gasteiger charge is -2.31. The molecule has 1 N–H and O–H groups in total. The Morgan fingerprint density at radius 1 is 1.12 bits per heavy atom. The van der Waals surface area contributed by atoms with Crippen molar-refractivity contribution in [2.45, 2.75) is 33.1 Å². The molecule has 0 radical (unpaired) electrons. The Balaban J connectivity index is 1.63. The summed E-state index contributed by atoms with van der Waals surface area (Å²) >= 11 is 0. The van der Waals surface area contributed by atoms with Crippen LogP contribution in [0.25, 0.3) is 0 Å². The number of hydrogen-bond acceptors (Lipinski definition) is 5. The van der Waals surface area contributed by atoms with E-state index in [0.29, 0.717) is 42.3 Å². The minimum Gasteiger partial charge on any atom is -0.454 e. The van der Waals surface area contributed by atoms with Gasteiger partial charge in [-0.3, -0.25) is 14.4 Å². The number of fused-ring (bicyclic) bond motifs is 1. The van der Waals surface area contributed by atoms with Crippen LogP contribution in [-0.4, -0.2) is 42.4 Å². The van der Waals surface area contributed by atoms with Gasteiger partial charge in [0.2, 0.25) is 18.6 Å². The van der Waals surface area contributed by atoms with Crippen LogP contribution in [0.2, 0.25) is 0 Å². The highest BCUT2D eigenvalue weighted by molar-refractivity contribution is 6.04. The van der Waals surface area contributed by atoms with Gasteiger partial charge in [0, 0.05) is 38.1 Å². The number of nitrogens with one attached hydrogen (secondary N) is 1. The van der Waals surface area contributed by atoms with E-state index < -0.39 is 0 Å². The molecule has 3 rings (SSSR count). The Kier molecular flexibility index (Phi) is 4.92. The number of carbonyl (C=O) groups is 3. The van der Waals surface area contributed by atoms with Gasteiger partial charge in [-0.25, -0.2) is 0 Å². The first kappa shape index (κ1) is 17.3. The average Bonchev–Trinajstić information content (AvgIpc) is 3.01. The van der Waals surface area contributed by atoms with Crippen molar-refractivity contribution in [3.05, 3.63) is 17.7 Å². The first-order valence-electron chi connectivity index (χ1n) is 8.44. The van der Waals surface area contributed by atoms with Gasteiger partial charge in [-0.1, -0.05) is 0 Å². The molecule has 2 aliphatic heterocycles. The van der Waals surface area contributed by atoms with Gasteiger partial charge in [0.1, 0.15) is 0 Å². The number of carbonyl (C=O) groups excluding carboxylic acids is 3. The van der Waals surface area contributed by atoms with E-state index in [1.807, 2.05) is 0 Å². The van der Waals surface area contributed by atoms with E-state index in [1.165, 1.54) is 6.92 Å². The summed E-state index contributed by atoms with van der Waals surface area (Å²) in [4.78, 5) is 37.4. The molecule has 2 amide bonds. The SMILES string of the molecule is CC(=O)c1cc2c(cc1NC(=O)CC1CCN(C(C)=O)CC1)OCO2. The van der Waals surface area contributed by atoms with E-state index in [-0.39, 0.29) is 30.3 Å². The number of nitrogens with zero attached hydrogens (tertiary/aromatic N) is 1. The van der Waals surface area contributed by atoms with Crippen LogP contribution in [0.15, 0.2) is 12.1 Å². The van der Waals surface area contributed by atoms with Crippen LogP contribution in [0, 0.1) is 5.92 Å². The van der Waals surface area contributed by atoms with E-state index in [2.05, 4.69) is 5.32 Å². The maximum atomic E-state index is 12.4. The van der Waals surface area contributed by atoms with Gasteiger partial charge in [-0.05, 0) is 31.7 Å². The highest BCUT2D eigenvalue weighted by Crippen LogP contribution is 2.37. The molecule has 0 atom stereocenters. The molecule has 1 fully saturated rings. The number of benzene rings is 1. The first-order chi connectivity index (χ1) is 11.9. The summed E-state index contributed by atoms with van der Waals surface area (Å²) in [6.45, 7) is 4.51. The zero-order chi connectivity index (χ0) is 18.0. The summed E-state index contributed by atoms with van der Waals surface area (Å²) < 4.78 is 10.6. The molecule has 2 heterocycles. The molecule has 7 heteroatoms. The summed E-state index contributed by atoms with van der Waals surface area (Å²) in [5, 5.41) is 2.83. The molecule has 0 aliphatic carbocycles. The van der Waals surface area contributed by atoms with Crippen molar-refractivity contribution in [1.29, 1.82) is 0 Å². The topological polar surface area (TPSA) is 84.9 Å². The first-order valence-corrected chi connectivity index (χ1v) is 8.44. The van der Waals surface area contributed by atoms with Crippen molar-refractivity contribution in [2.75, 3.05) is 25.2 Å². The third kappa shape index (κ3) is 3.92. The maximum absolute atomic E-state index is 12.4. The van der Waals surface area contributed by atoms with Gasteiger partial charge in [0.15, 0.2) is 17.3 Å². The lowest BCUT2D eigenvalue weighted by molar-refractivity contribution is -0.130. The van der Waals surface area contributed by atoms with Gasteiger partial charge < -0.3 is 19.7 Å². The van der Waals surface area contributed by atoms with Gasteiger partial charge in [-0.15, -0.1) is 0 Å². The summed E-state index contributed by atoms with van der Waals surface area (Å²) in [6.07, 6.45) is 2.00. The standard InChI is InChI=1S/C18H22N2O5/c1-11(21)14-8-16-17(25-10-24-16)9-15(14)19-18(23)7-13-3-5-20(6-4-13)12(2)22/h8-9,13H,3-7,10H2,1-2H3,(H,19,23). The van der Waals surface area contributed by atoms with Crippen molar-refractivity contribution in [3.63, 3.8) is 0 Å². The van der Waals surface area contributed by atoms with Gasteiger partial charge >= 0.3 is 0 Å². The minimum absolute atomic E-state index is 0.0781. The van der Waals surface area contributed by atoms with E-state index in [0.717, 1.165) is 12.8 Å². The lowest BCUT2D eigenvalue weighted by atomic mass is 9.93. The smallest absolute Gasteiger partial charge is 0.231 e. The molecule has 0 bridgehead atoms. The molecule has 7 nitrogen and oxygen atoms in total. The van der Waals surface area contributed by atoms with Crippen LogP contribution in [0.5, 0.6) is 11.5 Å². The Morgan fingerprint density at radius 3 is 2.36 bits per heavy atom. The number of rotatable bonds is 4. The molecule has 1 aromatic carbocycles. The number of anilines is 1. The van der Waals surface area contributed by atoms with Crippen molar-refractivity contribution < 1.29 is 23.9 Å². The van der Waals surface area contributed by atoms with Crippen molar-refractivity contribution in [3.8, 4) is 11.5 Å². The molecule has 1 aromatic rings. The molecule has 2 aliphatic rings. The van der Waals surface area contributed by atoms with Gasteiger partial charge in [0.25, 0.3) is 0 Å². The van der Waals surface area contributed by atoms with E-state index >= 15 is 0 Å². The second-order valence-electron chi connectivity index (χ2n) is 6.51. The summed E-state index contributed by atoms with van der Waals surface area (Å²) in [6, 6.07) is 3.24. The second kappa shape index (κ2) is 7.13. The predicted molar refractivity (Wildman–Crippen MR) is 90.8 cm³/mol. The molecular weight excluding hydrogens is 324 g/mol. The van der Waals surface area contributed by atoms with Crippen LogP contribution >= 0.6 is 0 Å². The number of ether oxygens (including phenoxy) is 2. The fourth-order valence-corrected chi connectivity index (χ4v) is 3.25. The monoisotopic (exact) mass is 346 g/mol. The van der Waals surface area contributed by atoms with Gasteiger partial charge in [0.05, 0.1) is 5.69 Å². The zero-order valence-electron chi connectivity index (χ0n) is 14.5. The minimum atomic E-state index is -0.150. The van der Waals surface area contributed by atoms with Crippen molar-refractivity contribution in [1.82, 2.24) is 4.90 Å². The van der Waals surface area contributed by atoms with Gasteiger partial charge in [-0.2, -0.15) is 0 Å². The normalized spacial score (nSPS) is 16.6. The van der Waals surface area contributed by atoms with E-state index in [1.54, 1.807) is 24.0 Å². The quantitative estimate of drug-likeness (QED) is 0.845. The summed E-state index contributed by atoms with van der Waals surface area (Å²) in [5.41, 5.74) is 0.854. The second-order valence-corrected chi connectivity index (χ2v) is 6.51. The summed E-state index contributed by atoms with van der Waals surface area (Å²) in [7, 11) is 0. The maximum Gasteiger partial charge on any atom is 0.231 e. The number of hydrogen-bond donors (Lipinski definition) is 1. The molecule has 0 saturated carbocycles. The highest BCUT2D eigenvalue weighted by Gasteiger charge is 2.24. The number of likely N-dealkylation sites (tertiary alicyclic amines) is 1. The molecular formula is C18H22N2O5. The molecule has 0 unspecified atom stereocenters. The Hall–Kier alpha value is -2.57. The van der Waals surface area contributed by atoms with Crippen molar-refractivity contribution >= 4 is 23.3 Å². The van der Waals surface area contributed by atoms with Crippen LogP contribution in [-0.2, 0) is 9.59 Å². The zero-order valence-corrected chi connectivity index (χ0v) is 14.5. The van der Waals surface area contributed by atoms with Crippen LogP contribution in [0.3, 0.4) is 0 Å².